The molecular weight excluding hydrogens is 417 g/mol. The SMILES string of the molecule is C[C@@]12CC3[C@H]1[C@@H](Cc1cc(C#N)c(O)cc12)N3C(=O)C(F)(F)I. The zero-order chi connectivity index (χ0) is 16.7. The number of likely N-dealkylation sites (tertiary alicyclic amines) is 1. The van der Waals surface area contributed by atoms with Crippen LogP contribution in [0.5, 0.6) is 5.75 Å². The van der Waals surface area contributed by atoms with Gasteiger partial charge in [0, 0.05) is 46.0 Å². The summed E-state index contributed by atoms with van der Waals surface area (Å²) >= 11 is 0.884. The van der Waals surface area contributed by atoms with Crippen LogP contribution in [-0.4, -0.2) is 31.9 Å². The number of amides is 1. The number of benzene rings is 1. The number of hydrogen-bond donors (Lipinski definition) is 1. The molecule has 4 atom stereocenters. The number of phenols is 1. The van der Waals surface area contributed by atoms with Crippen molar-refractivity contribution in [2.24, 2.45) is 5.92 Å². The van der Waals surface area contributed by atoms with Gasteiger partial charge < -0.3 is 10.0 Å². The lowest BCUT2D eigenvalue weighted by atomic mass is 9.43. The molecule has 1 heterocycles. The summed E-state index contributed by atoms with van der Waals surface area (Å²) in [6.45, 7) is 2.05. The van der Waals surface area contributed by atoms with Crippen molar-refractivity contribution in [2.75, 3.05) is 0 Å². The number of carbonyl (C=O) groups excluding carboxylic acids is 1. The summed E-state index contributed by atoms with van der Waals surface area (Å²) in [6, 6.07) is 4.82. The number of nitriles is 1. The monoisotopic (exact) mass is 430 g/mol. The van der Waals surface area contributed by atoms with Crippen molar-refractivity contribution in [1.29, 1.82) is 5.26 Å². The first-order valence-electron chi connectivity index (χ1n) is 7.34. The van der Waals surface area contributed by atoms with E-state index in [1.165, 1.54) is 4.90 Å². The Balaban J connectivity index is 1.75. The van der Waals surface area contributed by atoms with Crippen molar-refractivity contribution in [3.8, 4) is 11.8 Å². The molecule has 0 aromatic heterocycles. The molecule has 3 aliphatic rings. The third kappa shape index (κ3) is 1.76. The Hall–Kier alpha value is -1.43. The van der Waals surface area contributed by atoms with Crippen LogP contribution in [0.4, 0.5) is 8.78 Å². The van der Waals surface area contributed by atoms with E-state index >= 15 is 0 Å². The number of aromatic hydroxyl groups is 1. The van der Waals surface area contributed by atoms with Crippen molar-refractivity contribution >= 4 is 28.5 Å². The Bertz CT molecular complexity index is 786. The fraction of sp³-hybridized carbons (Fsp3) is 0.500. The van der Waals surface area contributed by atoms with E-state index in [1.807, 2.05) is 6.07 Å². The van der Waals surface area contributed by atoms with Crippen LogP contribution in [0.3, 0.4) is 0 Å². The van der Waals surface area contributed by atoms with E-state index in [0.29, 0.717) is 12.8 Å². The third-order valence-corrected chi connectivity index (χ3v) is 6.24. The molecule has 7 heteroatoms. The Labute approximate surface area is 145 Å². The Kier molecular flexibility index (Phi) is 2.86. The number of alkyl halides is 3. The normalized spacial score (nSPS) is 33.7. The Morgan fingerprint density at radius 1 is 1.52 bits per heavy atom. The van der Waals surface area contributed by atoms with E-state index in [0.717, 1.165) is 33.7 Å². The smallest absolute Gasteiger partial charge is 0.372 e. The van der Waals surface area contributed by atoms with Gasteiger partial charge in [0.1, 0.15) is 11.8 Å². The standard InChI is InChI=1S/C16H13F2IN2O2/c1-15-5-11-13(15)10(21(11)14(23)16(17,18)19)3-7-2-8(6-20)12(22)4-9(7)15/h2,4,10-11,13,22H,3,5H2,1H3/t10-,11?,13-,15+/m1/s1. The van der Waals surface area contributed by atoms with E-state index in [9.17, 15) is 18.7 Å². The fourth-order valence-electron chi connectivity index (χ4n) is 4.84. The van der Waals surface area contributed by atoms with Crippen LogP contribution in [0.1, 0.15) is 30.0 Å². The van der Waals surface area contributed by atoms with Gasteiger partial charge in [0.25, 0.3) is 0 Å². The van der Waals surface area contributed by atoms with Crippen LogP contribution in [0.2, 0.25) is 0 Å². The van der Waals surface area contributed by atoms with Crippen LogP contribution >= 0.6 is 22.6 Å². The molecule has 2 aliphatic carbocycles. The lowest BCUT2D eigenvalue weighted by Crippen LogP contribution is -2.81. The largest absolute Gasteiger partial charge is 0.507 e. The van der Waals surface area contributed by atoms with Crippen molar-refractivity contribution in [2.45, 2.75) is 41.2 Å². The first-order chi connectivity index (χ1) is 10.7. The topological polar surface area (TPSA) is 64.3 Å². The van der Waals surface area contributed by atoms with Gasteiger partial charge in [-0.3, -0.25) is 4.79 Å². The van der Waals surface area contributed by atoms with Gasteiger partial charge >= 0.3 is 9.84 Å². The second kappa shape index (κ2) is 4.35. The number of halogens is 3. The zero-order valence-electron chi connectivity index (χ0n) is 12.2. The van der Waals surface area contributed by atoms with Gasteiger partial charge in [-0.05, 0) is 36.1 Å². The van der Waals surface area contributed by atoms with E-state index in [-0.39, 0.29) is 34.7 Å². The van der Waals surface area contributed by atoms with Crippen LogP contribution in [-0.2, 0) is 16.6 Å². The first kappa shape index (κ1) is 15.1. The van der Waals surface area contributed by atoms with Gasteiger partial charge in [-0.2, -0.15) is 14.0 Å². The summed E-state index contributed by atoms with van der Waals surface area (Å²) in [5.41, 5.74) is 1.82. The molecule has 1 aliphatic heterocycles. The fourth-order valence-corrected chi connectivity index (χ4v) is 5.12. The summed E-state index contributed by atoms with van der Waals surface area (Å²) in [5.74, 6) is -1.00. The number of carbonyl (C=O) groups is 1. The summed E-state index contributed by atoms with van der Waals surface area (Å²) < 4.78 is 23.5. The molecule has 1 saturated heterocycles. The summed E-state index contributed by atoms with van der Waals surface area (Å²) in [6.07, 6.45) is 1.07. The molecule has 0 radical (unpaired) electrons. The molecule has 1 aromatic rings. The minimum Gasteiger partial charge on any atom is -0.507 e. The summed E-state index contributed by atoms with van der Waals surface area (Å²) in [4.78, 5) is 13.3. The predicted octanol–water partition coefficient (Wildman–Crippen LogP) is 2.70. The molecule has 1 amide bonds. The van der Waals surface area contributed by atoms with E-state index in [1.54, 1.807) is 12.1 Å². The molecule has 4 nitrogen and oxygen atoms in total. The lowest BCUT2D eigenvalue weighted by molar-refractivity contribution is -0.204. The van der Waals surface area contributed by atoms with Gasteiger partial charge in [-0.25, -0.2) is 0 Å². The maximum absolute atomic E-state index is 13.4. The number of phenolic OH excluding ortho intramolecular Hbond substituents is 1. The minimum absolute atomic E-state index is 0.0413. The van der Waals surface area contributed by atoms with Crippen molar-refractivity contribution in [3.63, 3.8) is 0 Å². The van der Waals surface area contributed by atoms with Crippen molar-refractivity contribution in [3.05, 3.63) is 28.8 Å². The molecule has 4 rings (SSSR count). The molecular formula is C16H13F2IN2O2. The molecule has 1 aromatic carbocycles. The van der Waals surface area contributed by atoms with Crippen LogP contribution < -0.4 is 0 Å². The Morgan fingerprint density at radius 3 is 2.83 bits per heavy atom. The van der Waals surface area contributed by atoms with Gasteiger partial charge in [0.15, 0.2) is 0 Å². The highest BCUT2D eigenvalue weighted by Crippen LogP contribution is 2.64. The lowest BCUT2D eigenvalue weighted by Gasteiger charge is -2.72. The maximum Gasteiger partial charge on any atom is 0.372 e. The number of hydrogen-bond acceptors (Lipinski definition) is 3. The molecule has 120 valence electrons. The van der Waals surface area contributed by atoms with Gasteiger partial charge in [0.05, 0.1) is 5.56 Å². The highest BCUT2D eigenvalue weighted by molar-refractivity contribution is 14.1. The molecule has 1 unspecified atom stereocenters. The molecule has 0 spiro atoms. The number of rotatable bonds is 1. The van der Waals surface area contributed by atoms with E-state index in [4.69, 9.17) is 5.26 Å². The van der Waals surface area contributed by atoms with Gasteiger partial charge in [-0.15, -0.1) is 0 Å². The zero-order valence-corrected chi connectivity index (χ0v) is 14.3. The quantitative estimate of drug-likeness (QED) is 0.551. The summed E-state index contributed by atoms with van der Waals surface area (Å²) in [7, 11) is 0. The average molecular weight is 430 g/mol. The van der Waals surface area contributed by atoms with Crippen LogP contribution in [0, 0.1) is 17.2 Å². The van der Waals surface area contributed by atoms with Crippen molar-refractivity contribution < 1.29 is 18.7 Å². The highest BCUT2D eigenvalue weighted by Gasteiger charge is 2.70. The van der Waals surface area contributed by atoms with Crippen molar-refractivity contribution in [1.82, 2.24) is 4.90 Å². The number of piperidine rings is 1. The van der Waals surface area contributed by atoms with Gasteiger partial charge in [-0.1, -0.05) is 6.92 Å². The number of nitrogens with zero attached hydrogens (tertiary/aromatic N) is 2. The second-order valence-electron chi connectivity index (χ2n) is 6.83. The molecule has 1 saturated carbocycles. The van der Waals surface area contributed by atoms with Crippen LogP contribution in [0.25, 0.3) is 0 Å². The van der Waals surface area contributed by atoms with E-state index in [2.05, 4.69) is 6.92 Å². The van der Waals surface area contributed by atoms with Crippen LogP contribution in [0.15, 0.2) is 12.1 Å². The van der Waals surface area contributed by atoms with E-state index < -0.39 is 9.84 Å². The molecule has 2 fully saturated rings. The molecule has 1 N–H and O–H groups in total. The highest BCUT2D eigenvalue weighted by atomic mass is 127. The Morgan fingerprint density at radius 2 is 2.22 bits per heavy atom. The summed E-state index contributed by atoms with van der Waals surface area (Å²) in [5, 5.41) is 19.0. The number of fused-ring (bicyclic) bond motifs is 2. The third-order valence-electron chi connectivity index (χ3n) is 5.78. The first-order valence-corrected chi connectivity index (χ1v) is 8.42. The predicted molar refractivity (Wildman–Crippen MR) is 85.4 cm³/mol. The molecule has 0 bridgehead atoms. The molecule has 23 heavy (non-hydrogen) atoms. The maximum atomic E-state index is 13.4. The second-order valence-corrected chi connectivity index (χ2v) is 8.19. The van der Waals surface area contributed by atoms with Gasteiger partial charge in [0.2, 0.25) is 0 Å². The minimum atomic E-state index is -3.39. The average Bonchev–Trinajstić information content (AvgIpc) is 2.43.